The second-order valence-corrected chi connectivity index (χ2v) is 6.61. The molecular weight excluding hydrogens is 338 g/mol. The number of sulfonamides is 1. The van der Waals surface area contributed by atoms with Crippen LogP contribution >= 0.6 is 11.3 Å². The van der Waals surface area contributed by atoms with Gasteiger partial charge in [0, 0.05) is 6.07 Å². The fraction of sp³-hybridized carbons (Fsp3) is 0.167. The van der Waals surface area contributed by atoms with Gasteiger partial charge >= 0.3 is 5.97 Å². The second kappa shape index (κ2) is 6.36. The molecule has 0 amide bonds. The third kappa shape index (κ3) is 3.57. The number of nitrogens with one attached hydrogen (secondary N) is 1. The van der Waals surface area contributed by atoms with Gasteiger partial charge in [-0.2, -0.15) is 0 Å². The molecule has 1 heterocycles. The number of carbonyl (C=O) groups excluding carboxylic acids is 1. The van der Waals surface area contributed by atoms with E-state index in [0.717, 1.165) is 29.7 Å². The molecule has 1 N–H and O–H groups in total. The number of hydrogen-bond donors (Lipinski definition) is 1. The SMILES string of the molecule is CCOC(=O)c1cnc(NS(=O)(=O)c2ccc(F)cc2F)s1. The number of thiazole rings is 1. The van der Waals surface area contributed by atoms with Gasteiger partial charge in [-0.05, 0) is 19.1 Å². The first kappa shape index (κ1) is 16.3. The number of hydrogen-bond acceptors (Lipinski definition) is 6. The summed E-state index contributed by atoms with van der Waals surface area (Å²) in [6.07, 6.45) is 1.14. The van der Waals surface area contributed by atoms with E-state index in [9.17, 15) is 22.0 Å². The van der Waals surface area contributed by atoms with E-state index >= 15 is 0 Å². The molecule has 22 heavy (non-hydrogen) atoms. The molecule has 0 unspecified atom stereocenters. The maximum absolute atomic E-state index is 13.5. The summed E-state index contributed by atoms with van der Waals surface area (Å²) in [6.45, 7) is 1.79. The lowest BCUT2D eigenvalue weighted by atomic mass is 10.3. The maximum atomic E-state index is 13.5. The van der Waals surface area contributed by atoms with Crippen molar-refractivity contribution in [3.05, 3.63) is 40.9 Å². The van der Waals surface area contributed by atoms with Crippen molar-refractivity contribution in [1.82, 2.24) is 4.98 Å². The standard InChI is InChI=1S/C12H10F2N2O4S2/c1-2-20-11(17)9-6-15-12(21-9)16-22(18,19)10-4-3-7(13)5-8(10)14/h3-6H,2H2,1H3,(H,15,16). The molecule has 0 fully saturated rings. The molecule has 0 saturated heterocycles. The molecule has 1 aromatic heterocycles. The number of anilines is 1. The van der Waals surface area contributed by atoms with Crippen LogP contribution in [0.3, 0.4) is 0 Å². The Bertz CT molecular complexity index is 805. The molecule has 118 valence electrons. The first-order chi connectivity index (χ1) is 10.3. The van der Waals surface area contributed by atoms with E-state index in [2.05, 4.69) is 4.98 Å². The van der Waals surface area contributed by atoms with Gasteiger partial charge in [0.2, 0.25) is 0 Å². The molecule has 0 spiro atoms. The van der Waals surface area contributed by atoms with Crippen LogP contribution in [0.5, 0.6) is 0 Å². The van der Waals surface area contributed by atoms with Gasteiger partial charge < -0.3 is 4.74 Å². The molecule has 6 nitrogen and oxygen atoms in total. The van der Waals surface area contributed by atoms with Gasteiger partial charge in [0.15, 0.2) is 5.13 Å². The Morgan fingerprint density at radius 3 is 2.77 bits per heavy atom. The van der Waals surface area contributed by atoms with Gasteiger partial charge in [0.1, 0.15) is 21.4 Å². The van der Waals surface area contributed by atoms with Crippen LogP contribution in [-0.2, 0) is 14.8 Å². The molecule has 0 aliphatic carbocycles. The lowest BCUT2D eigenvalue weighted by molar-refractivity contribution is 0.0532. The number of rotatable bonds is 5. The molecule has 2 rings (SSSR count). The lowest BCUT2D eigenvalue weighted by Gasteiger charge is -2.06. The molecular formula is C12H10F2N2O4S2. The smallest absolute Gasteiger partial charge is 0.350 e. The van der Waals surface area contributed by atoms with Crippen molar-refractivity contribution < 1.29 is 26.7 Å². The van der Waals surface area contributed by atoms with E-state index in [1.807, 2.05) is 4.72 Å². The van der Waals surface area contributed by atoms with Crippen molar-refractivity contribution in [1.29, 1.82) is 0 Å². The monoisotopic (exact) mass is 348 g/mol. The average Bonchev–Trinajstić information content (AvgIpc) is 2.86. The number of carbonyl (C=O) groups is 1. The summed E-state index contributed by atoms with van der Waals surface area (Å²) in [4.78, 5) is 14.5. The predicted octanol–water partition coefficient (Wildman–Crippen LogP) is 2.40. The molecule has 1 aromatic carbocycles. The normalized spacial score (nSPS) is 11.2. The quantitative estimate of drug-likeness (QED) is 0.839. The molecule has 0 radical (unpaired) electrons. The van der Waals surface area contributed by atoms with Crippen molar-refractivity contribution in [2.75, 3.05) is 11.3 Å². The van der Waals surface area contributed by atoms with Crippen LogP contribution in [-0.4, -0.2) is 26.0 Å². The molecule has 0 bridgehead atoms. The Kier molecular flexibility index (Phi) is 4.71. The largest absolute Gasteiger partial charge is 0.462 e. The predicted molar refractivity (Wildman–Crippen MR) is 75.2 cm³/mol. The highest BCUT2D eigenvalue weighted by Gasteiger charge is 2.22. The number of esters is 1. The zero-order valence-corrected chi connectivity index (χ0v) is 12.8. The summed E-state index contributed by atoms with van der Waals surface area (Å²) in [7, 11) is -4.28. The zero-order chi connectivity index (χ0) is 16.3. The number of ether oxygens (including phenoxy) is 1. The van der Waals surface area contributed by atoms with Crippen LogP contribution in [0.1, 0.15) is 16.6 Å². The van der Waals surface area contributed by atoms with E-state index in [-0.39, 0.29) is 16.6 Å². The third-order valence-corrected chi connectivity index (χ3v) is 4.78. The first-order valence-corrected chi connectivity index (χ1v) is 8.24. The van der Waals surface area contributed by atoms with Crippen molar-refractivity contribution in [2.45, 2.75) is 11.8 Å². The van der Waals surface area contributed by atoms with Crippen LogP contribution < -0.4 is 4.72 Å². The molecule has 0 aliphatic rings. The zero-order valence-electron chi connectivity index (χ0n) is 11.2. The minimum absolute atomic E-state index is 0.0964. The lowest BCUT2D eigenvalue weighted by Crippen LogP contribution is -2.14. The molecule has 2 aromatic rings. The highest BCUT2D eigenvalue weighted by Crippen LogP contribution is 2.23. The average molecular weight is 348 g/mol. The Morgan fingerprint density at radius 2 is 2.14 bits per heavy atom. The minimum atomic E-state index is -4.28. The number of aromatic nitrogens is 1. The van der Waals surface area contributed by atoms with Crippen LogP contribution in [0.25, 0.3) is 0 Å². The molecule has 0 atom stereocenters. The van der Waals surface area contributed by atoms with Gasteiger partial charge in [-0.1, -0.05) is 11.3 Å². The summed E-state index contributed by atoms with van der Waals surface area (Å²) in [5.74, 6) is -2.76. The molecule has 10 heteroatoms. The first-order valence-electron chi connectivity index (χ1n) is 5.94. The van der Waals surface area contributed by atoms with Crippen molar-refractivity contribution in [3.8, 4) is 0 Å². The van der Waals surface area contributed by atoms with Crippen LogP contribution in [0.15, 0.2) is 29.3 Å². The maximum Gasteiger partial charge on any atom is 0.350 e. The van der Waals surface area contributed by atoms with E-state index in [0.29, 0.717) is 6.07 Å². The highest BCUT2D eigenvalue weighted by atomic mass is 32.2. The summed E-state index contributed by atoms with van der Waals surface area (Å²) in [5.41, 5.74) is 0. The Labute approximate surface area is 128 Å². The number of benzene rings is 1. The van der Waals surface area contributed by atoms with Gasteiger partial charge in [-0.25, -0.2) is 27.0 Å². The van der Waals surface area contributed by atoms with Gasteiger partial charge in [0.25, 0.3) is 10.0 Å². The van der Waals surface area contributed by atoms with Gasteiger partial charge in [0.05, 0.1) is 12.8 Å². The van der Waals surface area contributed by atoms with E-state index in [1.54, 1.807) is 6.92 Å². The van der Waals surface area contributed by atoms with Gasteiger partial charge in [-0.15, -0.1) is 0 Å². The summed E-state index contributed by atoms with van der Waals surface area (Å²) in [5, 5.41) is -0.133. The van der Waals surface area contributed by atoms with E-state index in [1.165, 1.54) is 0 Å². The molecule has 0 aliphatic heterocycles. The van der Waals surface area contributed by atoms with E-state index < -0.39 is 32.5 Å². The number of nitrogens with zero attached hydrogens (tertiary/aromatic N) is 1. The van der Waals surface area contributed by atoms with Crippen LogP contribution in [0, 0.1) is 11.6 Å². The summed E-state index contributed by atoms with van der Waals surface area (Å²) >= 11 is 0.739. The third-order valence-electron chi connectivity index (χ3n) is 2.39. The number of halogens is 2. The molecule has 0 saturated carbocycles. The summed E-state index contributed by atoms with van der Waals surface area (Å²) in [6, 6.07) is 2.08. The van der Waals surface area contributed by atoms with Crippen molar-refractivity contribution in [3.63, 3.8) is 0 Å². The van der Waals surface area contributed by atoms with Crippen molar-refractivity contribution >= 4 is 32.5 Å². The Morgan fingerprint density at radius 1 is 1.41 bits per heavy atom. The fourth-order valence-corrected chi connectivity index (χ4v) is 3.49. The topological polar surface area (TPSA) is 85.4 Å². The van der Waals surface area contributed by atoms with Crippen molar-refractivity contribution in [2.24, 2.45) is 0 Å². The Balaban J connectivity index is 2.24. The van der Waals surface area contributed by atoms with E-state index in [4.69, 9.17) is 4.74 Å². The fourth-order valence-electron chi connectivity index (χ4n) is 1.48. The Hall–Kier alpha value is -2.07. The highest BCUT2D eigenvalue weighted by molar-refractivity contribution is 7.93. The summed E-state index contributed by atoms with van der Waals surface area (Å²) < 4.78 is 57.1. The minimum Gasteiger partial charge on any atom is -0.462 e. The van der Waals surface area contributed by atoms with Crippen LogP contribution in [0.2, 0.25) is 0 Å². The van der Waals surface area contributed by atoms with Gasteiger partial charge in [-0.3, -0.25) is 4.72 Å². The van der Waals surface area contributed by atoms with Crippen LogP contribution in [0.4, 0.5) is 13.9 Å². The second-order valence-electron chi connectivity index (χ2n) is 3.93.